The van der Waals surface area contributed by atoms with Crippen LogP contribution in [0.1, 0.15) is 66.6 Å². The number of hydrogen-bond acceptors (Lipinski definition) is 8. The highest BCUT2D eigenvalue weighted by atomic mass is 35.5. The van der Waals surface area contributed by atoms with E-state index in [-0.39, 0.29) is 23.1 Å². The topological polar surface area (TPSA) is 127 Å². The molecule has 3 N–H and O–H groups in total. The lowest BCUT2D eigenvalue weighted by Crippen LogP contribution is -2.34. The molecule has 43 heavy (non-hydrogen) atoms. The molecule has 3 aliphatic heterocycles. The summed E-state index contributed by atoms with van der Waals surface area (Å²) in [7, 11) is -3.12. The Balaban J connectivity index is 1.18. The fourth-order valence-electron chi connectivity index (χ4n) is 6.43. The van der Waals surface area contributed by atoms with Crippen molar-refractivity contribution in [1.82, 2.24) is 9.88 Å². The first kappa shape index (κ1) is 29.7. The van der Waals surface area contributed by atoms with Crippen LogP contribution in [0.25, 0.3) is 0 Å². The molecule has 2 saturated heterocycles. The second-order valence-electron chi connectivity index (χ2n) is 11.6. The minimum atomic E-state index is -3.12. The second-order valence-corrected chi connectivity index (χ2v) is 14.5. The Morgan fingerprint density at radius 2 is 1.98 bits per heavy atom. The Labute approximate surface area is 255 Å². The Kier molecular flexibility index (Phi) is 7.99. The number of amidine groups is 1. The van der Waals surface area contributed by atoms with Crippen LogP contribution in [0.2, 0.25) is 5.02 Å². The van der Waals surface area contributed by atoms with Crippen LogP contribution in [0.5, 0.6) is 11.5 Å². The summed E-state index contributed by atoms with van der Waals surface area (Å²) < 4.78 is 52.4. The molecule has 1 aromatic heterocycles. The molecule has 4 heterocycles. The normalized spacial score (nSPS) is 24.0. The number of piperidine rings is 1. The summed E-state index contributed by atoms with van der Waals surface area (Å²) in [6.07, 6.45) is 3.41. The number of likely N-dealkylation sites (tertiary alicyclic amines) is 1. The molecule has 0 saturated carbocycles. The molecule has 228 valence electrons. The smallest absolute Gasteiger partial charge is 0.278 e. The number of fused-ring (bicyclic) bond motifs is 1. The van der Waals surface area contributed by atoms with E-state index in [4.69, 9.17) is 26.8 Å². The number of benzene rings is 2. The van der Waals surface area contributed by atoms with Crippen molar-refractivity contribution in [3.05, 3.63) is 87.4 Å². The fraction of sp³-hybridized carbons (Fsp3) is 0.419. The number of pyridine rings is 1. The molecular formula is C31H34ClFN4O5S. The third kappa shape index (κ3) is 5.90. The predicted molar refractivity (Wildman–Crippen MR) is 161 cm³/mol. The maximum atomic E-state index is 14.8. The number of sulfone groups is 1. The predicted octanol–water partition coefficient (Wildman–Crippen LogP) is 5.11. The van der Waals surface area contributed by atoms with Gasteiger partial charge in [0.25, 0.3) is 5.79 Å². The van der Waals surface area contributed by atoms with Gasteiger partial charge in [0.15, 0.2) is 27.2 Å². The van der Waals surface area contributed by atoms with Crippen molar-refractivity contribution >= 4 is 27.3 Å². The van der Waals surface area contributed by atoms with Crippen molar-refractivity contribution in [2.45, 2.75) is 62.5 Å². The lowest BCUT2D eigenvalue weighted by molar-refractivity contribution is -0.0712. The minimum Gasteiger partial charge on any atom is -0.444 e. The number of para-hydroxylation sites is 1. The number of ether oxygens (including phenoxy) is 2. The Morgan fingerprint density at radius 3 is 2.67 bits per heavy atom. The summed E-state index contributed by atoms with van der Waals surface area (Å²) in [5.74, 6) is -0.266. The molecule has 3 aromatic rings. The monoisotopic (exact) mass is 628 g/mol. The Hall–Kier alpha value is -3.41. The third-order valence-corrected chi connectivity index (χ3v) is 11.3. The zero-order valence-corrected chi connectivity index (χ0v) is 25.4. The van der Waals surface area contributed by atoms with Gasteiger partial charge in [-0.15, -0.1) is 0 Å². The molecule has 12 heteroatoms. The van der Waals surface area contributed by atoms with Crippen LogP contribution in [0.15, 0.2) is 53.7 Å². The lowest BCUT2D eigenvalue weighted by Gasteiger charge is -2.33. The van der Waals surface area contributed by atoms with E-state index in [2.05, 4.69) is 15.0 Å². The van der Waals surface area contributed by atoms with Crippen molar-refractivity contribution in [2.24, 2.45) is 10.9 Å². The highest BCUT2D eigenvalue weighted by Crippen LogP contribution is 2.49. The van der Waals surface area contributed by atoms with Gasteiger partial charge in [0, 0.05) is 24.1 Å². The summed E-state index contributed by atoms with van der Waals surface area (Å²) in [5, 5.41) is 12.2. The summed E-state index contributed by atoms with van der Waals surface area (Å²) >= 11 is 5.96. The number of rotatable bonds is 7. The molecule has 9 nitrogen and oxygen atoms in total. The fourth-order valence-corrected chi connectivity index (χ4v) is 8.45. The standard InChI is InChI=1S/C31H34ClFN4O5S/c1-31(24-9-8-21(32)17-25(24)33)41-28-6-2-5-23(29(28)42-31)19-11-13-37(14-12-19)18-27-20(7-10-26(35-27)30(34)36-38)16-22-4-3-15-43(22,39)40/h2,5-10,17,19,22,38H,3-4,11-16,18H2,1H3,(H2,34,36). The summed E-state index contributed by atoms with van der Waals surface area (Å²) in [6, 6.07) is 13.8. The van der Waals surface area contributed by atoms with Crippen LogP contribution in [0.3, 0.4) is 0 Å². The number of nitrogens with zero attached hydrogens (tertiary/aromatic N) is 3. The maximum absolute atomic E-state index is 14.8. The van der Waals surface area contributed by atoms with Crippen LogP contribution >= 0.6 is 11.6 Å². The molecule has 0 aliphatic carbocycles. The number of halogens is 2. The Morgan fingerprint density at radius 1 is 1.19 bits per heavy atom. The third-order valence-electron chi connectivity index (χ3n) is 8.78. The van der Waals surface area contributed by atoms with Gasteiger partial charge in [0.1, 0.15) is 11.5 Å². The summed E-state index contributed by atoms with van der Waals surface area (Å²) in [6.45, 7) is 3.76. The molecule has 0 spiro atoms. The minimum absolute atomic E-state index is 0.0920. The molecule has 0 bridgehead atoms. The molecule has 3 aliphatic rings. The van der Waals surface area contributed by atoms with Gasteiger partial charge in [-0.2, -0.15) is 0 Å². The molecular weight excluding hydrogens is 595 g/mol. The first-order valence-corrected chi connectivity index (χ1v) is 16.5. The zero-order chi connectivity index (χ0) is 30.4. The second kappa shape index (κ2) is 11.6. The van der Waals surface area contributed by atoms with Crippen LogP contribution in [0.4, 0.5) is 4.39 Å². The highest BCUT2D eigenvalue weighted by molar-refractivity contribution is 7.92. The Bertz CT molecular complexity index is 1680. The maximum Gasteiger partial charge on any atom is 0.278 e. The molecule has 2 fully saturated rings. The number of aromatic nitrogens is 1. The summed E-state index contributed by atoms with van der Waals surface area (Å²) in [5.41, 5.74) is 9.08. The van der Waals surface area contributed by atoms with Crippen LogP contribution < -0.4 is 15.2 Å². The van der Waals surface area contributed by atoms with Gasteiger partial charge in [-0.05, 0) is 87.0 Å². The molecule has 6 rings (SSSR count). The van der Waals surface area contributed by atoms with Gasteiger partial charge >= 0.3 is 0 Å². The van der Waals surface area contributed by atoms with Crippen molar-refractivity contribution in [3.63, 3.8) is 0 Å². The number of hydrogen-bond donors (Lipinski definition) is 2. The van der Waals surface area contributed by atoms with E-state index in [0.717, 1.165) is 42.8 Å². The van der Waals surface area contributed by atoms with Crippen molar-refractivity contribution in [2.75, 3.05) is 18.8 Å². The van der Waals surface area contributed by atoms with Gasteiger partial charge in [-0.3, -0.25) is 4.90 Å². The number of oxime groups is 1. The van der Waals surface area contributed by atoms with Gasteiger partial charge in [0.05, 0.1) is 22.3 Å². The SMILES string of the molecule is CC1(c2ccc(Cl)cc2F)Oc2cccc(C3CCN(Cc4nc(C(N)=NO)ccc4CC4CCCS4(=O)=O)CC3)c2O1. The molecule has 2 atom stereocenters. The van der Waals surface area contributed by atoms with E-state index >= 15 is 0 Å². The van der Waals surface area contributed by atoms with E-state index in [1.807, 2.05) is 24.3 Å². The van der Waals surface area contributed by atoms with E-state index in [1.165, 1.54) is 6.07 Å². The van der Waals surface area contributed by atoms with Crippen molar-refractivity contribution in [3.8, 4) is 11.5 Å². The van der Waals surface area contributed by atoms with E-state index in [0.29, 0.717) is 48.0 Å². The first-order valence-electron chi connectivity index (χ1n) is 14.4. The van der Waals surface area contributed by atoms with Crippen molar-refractivity contribution < 1.29 is 27.5 Å². The van der Waals surface area contributed by atoms with E-state index < -0.39 is 26.7 Å². The quantitative estimate of drug-likeness (QED) is 0.160. The average molecular weight is 629 g/mol. The largest absolute Gasteiger partial charge is 0.444 e. The first-order chi connectivity index (χ1) is 20.6. The average Bonchev–Trinajstić information content (AvgIpc) is 3.51. The molecule has 0 amide bonds. The van der Waals surface area contributed by atoms with Gasteiger partial charge in [0.2, 0.25) is 0 Å². The molecule has 0 radical (unpaired) electrons. The summed E-state index contributed by atoms with van der Waals surface area (Å²) in [4.78, 5) is 6.97. The van der Waals surface area contributed by atoms with Crippen molar-refractivity contribution in [1.29, 1.82) is 0 Å². The zero-order valence-electron chi connectivity index (χ0n) is 23.8. The van der Waals surface area contributed by atoms with Gasteiger partial charge in [-0.25, -0.2) is 17.8 Å². The molecule has 2 aromatic carbocycles. The van der Waals surface area contributed by atoms with Gasteiger partial charge in [-0.1, -0.05) is 35.0 Å². The van der Waals surface area contributed by atoms with Crippen LogP contribution in [-0.2, 0) is 28.6 Å². The number of nitrogens with two attached hydrogens (primary N) is 1. The van der Waals surface area contributed by atoms with E-state index in [9.17, 15) is 18.0 Å². The van der Waals surface area contributed by atoms with Crippen LogP contribution in [0, 0.1) is 5.82 Å². The van der Waals surface area contributed by atoms with Gasteiger partial charge < -0.3 is 20.4 Å². The lowest BCUT2D eigenvalue weighted by atomic mass is 9.88. The van der Waals surface area contributed by atoms with Crippen LogP contribution in [-0.4, -0.2) is 53.4 Å². The van der Waals surface area contributed by atoms with E-state index in [1.54, 1.807) is 25.1 Å². The highest BCUT2D eigenvalue weighted by Gasteiger charge is 2.43. The molecule has 2 unspecified atom stereocenters.